The molecule has 0 atom stereocenters. The minimum Gasteiger partial charge on any atom is -0.497 e. The van der Waals surface area contributed by atoms with Crippen LogP contribution in [-0.4, -0.2) is 13.0 Å². The summed E-state index contributed by atoms with van der Waals surface area (Å²) in [6, 6.07) is 8.96. The lowest BCUT2D eigenvalue weighted by Crippen LogP contribution is -2.16. The molecule has 0 aliphatic carbocycles. The number of benzene rings is 2. The molecule has 0 unspecified atom stereocenters. The van der Waals surface area contributed by atoms with E-state index < -0.39 is 11.4 Å². The van der Waals surface area contributed by atoms with E-state index in [1.54, 1.807) is 12.1 Å². The Morgan fingerprint density at radius 2 is 2.04 bits per heavy atom. The quantitative estimate of drug-likeness (QED) is 0.653. The first kappa shape index (κ1) is 18.9. The number of rotatable bonds is 5. The molecule has 5 nitrogen and oxygen atoms in total. The van der Waals surface area contributed by atoms with Gasteiger partial charge in [-0.05, 0) is 49.2 Å². The van der Waals surface area contributed by atoms with Crippen molar-refractivity contribution < 1.29 is 18.3 Å². The van der Waals surface area contributed by atoms with Crippen LogP contribution >= 0.6 is 11.6 Å². The Hall–Kier alpha value is -2.86. The van der Waals surface area contributed by atoms with Gasteiger partial charge in [0.1, 0.15) is 17.1 Å². The number of carbonyl (C=O) groups is 1. The molecule has 0 spiro atoms. The summed E-state index contributed by atoms with van der Waals surface area (Å²) in [4.78, 5) is 24.5. The van der Waals surface area contributed by atoms with Crippen molar-refractivity contribution in [3.8, 4) is 5.75 Å². The number of halogens is 2. The van der Waals surface area contributed by atoms with Crippen LogP contribution in [0.25, 0.3) is 11.0 Å². The zero-order valence-corrected chi connectivity index (χ0v) is 15.5. The Morgan fingerprint density at radius 1 is 1.26 bits per heavy atom. The van der Waals surface area contributed by atoms with Crippen LogP contribution in [-0.2, 0) is 11.2 Å². The maximum atomic E-state index is 13.1. The average molecular weight is 390 g/mol. The fourth-order valence-corrected chi connectivity index (χ4v) is 3.05. The van der Waals surface area contributed by atoms with E-state index in [1.807, 2.05) is 13.0 Å². The fourth-order valence-electron chi connectivity index (χ4n) is 2.83. The Kier molecular flexibility index (Phi) is 5.46. The molecule has 0 bridgehead atoms. The molecule has 7 heteroatoms. The van der Waals surface area contributed by atoms with E-state index in [4.69, 9.17) is 20.8 Å². The van der Waals surface area contributed by atoms with Gasteiger partial charge in [-0.15, -0.1) is 0 Å². The third-order valence-electron chi connectivity index (χ3n) is 4.30. The van der Waals surface area contributed by atoms with Crippen LogP contribution in [0.4, 0.5) is 10.1 Å². The topological polar surface area (TPSA) is 68.5 Å². The normalized spacial score (nSPS) is 10.8. The van der Waals surface area contributed by atoms with Crippen LogP contribution < -0.4 is 15.7 Å². The second kappa shape index (κ2) is 7.80. The summed E-state index contributed by atoms with van der Waals surface area (Å²) >= 11 is 5.90. The van der Waals surface area contributed by atoms with Gasteiger partial charge >= 0.3 is 5.63 Å². The Labute approximate surface area is 159 Å². The number of aryl methyl sites for hydroxylation is 1. The van der Waals surface area contributed by atoms with Gasteiger partial charge in [-0.1, -0.05) is 11.6 Å². The van der Waals surface area contributed by atoms with Gasteiger partial charge < -0.3 is 14.5 Å². The highest BCUT2D eigenvalue weighted by atomic mass is 35.5. The van der Waals surface area contributed by atoms with E-state index in [-0.39, 0.29) is 23.8 Å². The van der Waals surface area contributed by atoms with Gasteiger partial charge in [0, 0.05) is 23.4 Å². The molecule has 3 rings (SSSR count). The smallest absolute Gasteiger partial charge is 0.339 e. The van der Waals surface area contributed by atoms with E-state index in [1.165, 1.54) is 19.2 Å². The summed E-state index contributed by atoms with van der Waals surface area (Å²) in [5.41, 5.74) is 1.46. The molecular weight excluding hydrogens is 373 g/mol. The molecule has 0 aliphatic rings. The highest BCUT2D eigenvalue weighted by molar-refractivity contribution is 6.33. The van der Waals surface area contributed by atoms with Gasteiger partial charge in [-0.2, -0.15) is 0 Å². The van der Waals surface area contributed by atoms with Crippen molar-refractivity contribution >= 4 is 34.2 Å². The Morgan fingerprint density at radius 3 is 2.74 bits per heavy atom. The van der Waals surface area contributed by atoms with Gasteiger partial charge in [0.25, 0.3) is 0 Å². The summed E-state index contributed by atoms with van der Waals surface area (Å²) in [5.74, 6) is -0.232. The molecule has 0 fully saturated rings. The standard InChI is InChI=1S/C20H17ClFNO4/c1-11-14-5-4-13(26-2)10-18(14)27-20(25)15(11)6-8-19(24)23-17-7-3-12(22)9-16(17)21/h3-5,7,9-10H,6,8H2,1-2H3,(H,23,24). The number of fused-ring (bicyclic) bond motifs is 1. The van der Waals surface area contributed by atoms with E-state index in [0.717, 1.165) is 17.0 Å². The van der Waals surface area contributed by atoms with Crippen molar-refractivity contribution in [2.45, 2.75) is 19.8 Å². The van der Waals surface area contributed by atoms with Gasteiger partial charge in [-0.25, -0.2) is 9.18 Å². The zero-order valence-electron chi connectivity index (χ0n) is 14.8. The first-order valence-corrected chi connectivity index (χ1v) is 8.62. The third kappa shape index (κ3) is 4.11. The van der Waals surface area contributed by atoms with Crippen LogP contribution in [0.3, 0.4) is 0 Å². The first-order chi connectivity index (χ1) is 12.9. The molecule has 1 aromatic heterocycles. The SMILES string of the molecule is COc1ccc2c(C)c(CCC(=O)Nc3ccc(F)cc3Cl)c(=O)oc2c1. The third-order valence-corrected chi connectivity index (χ3v) is 4.61. The van der Waals surface area contributed by atoms with Crippen LogP contribution in [0.1, 0.15) is 17.5 Å². The molecule has 0 radical (unpaired) electrons. The molecule has 27 heavy (non-hydrogen) atoms. The molecule has 1 heterocycles. The molecule has 2 aromatic carbocycles. The maximum Gasteiger partial charge on any atom is 0.339 e. The minimum absolute atomic E-state index is 0.0565. The second-order valence-corrected chi connectivity index (χ2v) is 6.43. The molecule has 0 saturated heterocycles. The number of carbonyl (C=O) groups excluding carboxylic acids is 1. The summed E-state index contributed by atoms with van der Waals surface area (Å²) in [5, 5.41) is 3.51. The van der Waals surface area contributed by atoms with Crippen molar-refractivity contribution in [1.29, 1.82) is 0 Å². The molecule has 1 amide bonds. The van der Waals surface area contributed by atoms with E-state index >= 15 is 0 Å². The van der Waals surface area contributed by atoms with Crippen LogP contribution in [0, 0.1) is 12.7 Å². The van der Waals surface area contributed by atoms with Gasteiger partial charge in [0.2, 0.25) is 5.91 Å². The minimum atomic E-state index is -0.487. The fraction of sp³-hybridized carbons (Fsp3) is 0.200. The number of hydrogen-bond donors (Lipinski definition) is 1. The average Bonchev–Trinajstić information content (AvgIpc) is 2.63. The lowest BCUT2D eigenvalue weighted by Gasteiger charge is -2.10. The van der Waals surface area contributed by atoms with E-state index in [2.05, 4.69) is 5.32 Å². The monoisotopic (exact) mass is 389 g/mol. The Balaban J connectivity index is 1.78. The van der Waals surface area contributed by atoms with E-state index in [0.29, 0.717) is 22.6 Å². The van der Waals surface area contributed by atoms with Crippen LogP contribution in [0.2, 0.25) is 5.02 Å². The second-order valence-electron chi connectivity index (χ2n) is 6.03. The molecule has 0 aliphatic heterocycles. The van der Waals surface area contributed by atoms with Crippen molar-refractivity contribution in [3.63, 3.8) is 0 Å². The number of hydrogen-bond acceptors (Lipinski definition) is 4. The van der Waals surface area contributed by atoms with Crippen molar-refractivity contribution in [2.24, 2.45) is 0 Å². The van der Waals surface area contributed by atoms with Crippen LogP contribution in [0.15, 0.2) is 45.6 Å². The number of anilines is 1. The highest BCUT2D eigenvalue weighted by Crippen LogP contribution is 2.25. The van der Waals surface area contributed by atoms with Crippen LogP contribution in [0.5, 0.6) is 5.75 Å². The number of ether oxygens (including phenoxy) is 1. The highest BCUT2D eigenvalue weighted by Gasteiger charge is 2.14. The van der Waals surface area contributed by atoms with Crippen molar-refractivity contribution in [1.82, 2.24) is 0 Å². The largest absolute Gasteiger partial charge is 0.497 e. The maximum absolute atomic E-state index is 13.1. The summed E-state index contributed by atoms with van der Waals surface area (Å²) in [6.07, 6.45) is 0.266. The predicted molar refractivity (Wildman–Crippen MR) is 102 cm³/mol. The molecule has 3 aromatic rings. The zero-order chi connectivity index (χ0) is 19.6. The first-order valence-electron chi connectivity index (χ1n) is 8.24. The van der Waals surface area contributed by atoms with Gasteiger partial charge in [0.05, 0.1) is 17.8 Å². The lowest BCUT2D eigenvalue weighted by molar-refractivity contribution is -0.116. The molecule has 1 N–H and O–H groups in total. The van der Waals surface area contributed by atoms with Crippen molar-refractivity contribution in [2.75, 3.05) is 12.4 Å². The lowest BCUT2D eigenvalue weighted by atomic mass is 10.0. The summed E-state index contributed by atoms with van der Waals surface area (Å²) in [7, 11) is 1.53. The van der Waals surface area contributed by atoms with Crippen molar-refractivity contribution in [3.05, 3.63) is 68.8 Å². The molecule has 0 saturated carbocycles. The summed E-state index contributed by atoms with van der Waals surface area (Å²) in [6.45, 7) is 1.82. The molecular formula is C20H17ClFNO4. The number of amides is 1. The predicted octanol–water partition coefficient (Wildman–Crippen LogP) is 4.47. The molecule has 140 valence electrons. The Bertz CT molecular complexity index is 1080. The van der Waals surface area contributed by atoms with E-state index in [9.17, 15) is 14.0 Å². The van der Waals surface area contributed by atoms with Gasteiger partial charge in [-0.3, -0.25) is 4.79 Å². The summed E-state index contributed by atoms with van der Waals surface area (Å²) < 4.78 is 23.6. The number of nitrogens with one attached hydrogen (secondary N) is 1. The number of methoxy groups -OCH3 is 1. The van der Waals surface area contributed by atoms with Gasteiger partial charge in [0.15, 0.2) is 0 Å².